The Bertz CT molecular complexity index is 553. The topological polar surface area (TPSA) is 81.7 Å². The summed E-state index contributed by atoms with van der Waals surface area (Å²) in [6.07, 6.45) is 4.45. The largest absolute Gasteiger partial charge is 0.381 e. The zero-order chi connectivity index (χ0) is 21.9. The van der Waals surface area contributed by atoms with Crippen molar-refractivity contribution in [2.24, 2.45) is 10.9 Å². The van der Waals surface area contributed by atoms with Gasteiger partial charge in [-0.2, -0.15) is 0 Å². The third kappa shape index (κ3) is 8.92. The monoisotopic (exact) mass is 438 g/mol. The lowest BCUT2D eigenvalue weighted by molar-refractivity contribution is -0.127. The molecule has 0 spiro atoms. The number of carbonyl (C=O) groups is 1. The highest BCUT2D eigenvalue weighted by molar-refractivity contribution is 5.84. The van der Waals surface area contributed by atoms with Gasteiger partial charge in [-0.3, -0.25) is 9.69 Å². The number of hydrogen-bond donors (Lipinski definition) is 2. The number of aliphatic imine (C=N–C) groups is 1. The first-order valence-electron chi connectivity index (χ1n) is 12.0. The third-order valence-corrected chi connectivity index (χ3v) is 6.39. The molecule has 1 amide bonds. The molecule has 9 heteroatoms. The molecule has 3 aliphatic heterocycles. The van der Waals surface area contributed by atoms with Crippen LogP contribution in [0.5, 0.6) is 0 Å². The van der Waals surface area contributed by atoms with Gasteiger partial charge in [-0.25, -0.2) is 4.99 Å². The highest BCUT2D eigenvalue weighted by Gasteiger charge is 2.24. The second kappa shape index (κ2) is 13.2. The van der Waals surface area contributed by atoms with Crippen LogP contribution in [-0.2, 0) is 14.3 Å². The Kier molecular flexibility index (Phi) is 10.3. The van der Waals surface area contributed by atoms with Gasteiger partial charge in [0.05, 0.1) is 19.8 Å². The van der Waals surface area contributed by atoms with Gasteiger partial charge in [0.25, 0.3) is 0 Å². The second-order valence-corrected chi connectivity index (χ2v) is 9.14. The van der Waals surface area contributed by atoms with Crippen LogP contribution in [0.25, 0.3) is 0 Å². The van der Waals surface area contributed by atoms with Crippen molar-refractivity contribution >= 4 is 11.9 Å². The lowest BCUT2D eigenvalue weighted by atomic mass is 10.0. The summed E-state index contributed by atoms with van der Waals surface area (Å²) in [5.74, 6) is 1.48. The molecule has 0 aromatic rings. The minimum atomic E-state index is 0.0167. The Balaban J connectivity index is 1.41. The van der Waals surface area contributed by atoms with Gasteiger partial charge in [-0.15, -0.1) is 0 Å². The van der Waals surface area contributed by atoms with Gasteiger partial charge in [-0.05, 0) is 38.1 Å². The van der Waals surface area contributed by atoms with E-state index in [4.69, 9.17) is 9.47 Å². The van der Waals surface area contributed by atoms with Gasteiger partial charge in [0.2, 0.25) is 5.91 Å². The Morgan fingerprint density at radius 1 is 1.03 bits per heavy atom. The molecule has 178 valence electrons. The summed E-state index contributed by atoms with van der Waals surface area (Å²) in [6.45, 7) is 11.0. The first kappa shape index (κ1) is 24.2. The van der Waals surface area contributed by atoms with Crippen LogP contribution < -0.4 is 10.6 Å². The van der Waals surface area contributed by atoms with Crippen LogP contribution in [0.3, 0.4) is 0 Å². The van der Waals surface area contributed by atoms with Crippen molar-refractivity contribution in [3.8, 4) is 0 Å². The lowest BCUT2D eigenvalue weighted by Gasteiger charge is -2.34. The summed E-state index contributed by atoms with van der Waals surface area (Å²) >= 11 is 0. The Morgan fingerprint density at radius 3 is 2.48 bits per heavy atom. The first-order valence-corrected chi connectivity index (χ1v) is 12.0. The average Bonchev–Trinajstić information content (AvgIpc) is 3.29. The highest BCUT2D eigenvalue weighted by Crippen LogP contribution is 2.17. The number of nitrogens with one attached hydrogen (secondary N) is 2. The SMILES string of the molecule is CN(C)C(=O)CN=C(NCCCN1CCOCC1)NC1CCN(CC2CCOC2)CC1. The molecule has 0 aromatic heterocycles. The number of ether oxygens (including phenoxy) is 2. The fraction of sp³-hybridized carbons (Fsp3) is 0.909. The fourth-order valence-corrected chi connectivity index (χ4v) is 4.32. The third-order valence-electron chi connectivity index (χ3n) is 6.39. The van der Waals surface area contributed by atoms with Gasteiger partial charge in [-0.1, -0.05) is 0 Å². The number of guanidine groups is 1. The van der Waals surface area contributed by atoms with Crippen LogP contribution in [0, 0.1) is 5.92 Å². The molecule has 3 rings (SSSR count). The first-order chi connectivity index (χ1) is 15.1. The summed E-state index contributed by atoms with van der Waals surface area (Å²) in [6, 6.07) is 0.399. The maximum absolute atomic E-state index is 12.0. The molecule has 3 heterocycles. The van der Waals surface area contributed by atoms with Gasteiger partial charge >= 0.3 is 0 Å². The number of likely N-dealkylation sites (tertiary alicyclic amines) is 1. The summed E-state index contributed by atoms with van der Waals surface area (Å²) in [7, 11) is 3.54. The molecular weight excluding hydrogens is 396 g/mol. The van der Waals surface area contributed by atoms with E-state index in [1.54, 1.807) is 19.0 Å². The molecule has 1 atom stereocenters. The van der Waals surface area contributed by atoms with E-state index >= 15 is 0 Å². The highest BCUT2D eigenvalue weighted by atomic mass is 16.5. The van der Waals surface area contributed by atoms with Gasteiger partial charge in [0, 0.05) is 66.0 Å². The number of morpholine rings is 1. The van der Waals surface area contributed by atoms with Crippen molar-refractivity contribution in [1.82, 2.24) is 25.3 Å². The van der Waals surface area contributed by atoms with E-state index in [1.165, 1.54) is 6.42 Å². The molecule has 0 bridgehead atoms. The van der Waals surface area contributed by atoms with Crippen molar-refractivity contribution in [3.63, 3.8) is 0 Å². The summed E-state index contributed by atoms with van der Waals surface area (Å²) < 4.78 is 10.9. The van der Waals surface area contributed by atoms with Crippen LogP contribution in [0.2, 0.25) is 0 Å². The van der Waals surface area contributed by atoms with E-state index in [0.717, 1.165) is 97.5 Å². The van der Waals surface area contributed by atoms with Gasteiger partial charge in [0.1, 0.15) is 6.54 Å². The molecule has 31 heavy (non-hydrogen) atoms. The van der Waals surface area contributed by atoms with E-state index in [-0.39, 0.29) is 12.5 Å². The molecule has 0 aliphatic carbocycles. The van der Waals surface area contributed by atoms with Crippen LogP contribution in [0.4, 0.5) is 0 Å². The van der Waals surface area contributed by atoms with Crippen molar-refractivity contribution in [2.75, 3.05) is 92.9 Å². The molecule has 0 saturated carbocycles. The summed E-state index contributed by atoms with van der Waals surface area (Å²) in [4.78, 5) is 23.2. The smallest absolute Gasteiger partial charge is 0.243 e. The number of likely N-dealkylation sites (N-methyl/N-ethyl adjacent to an activating group) is 1. The molecule has 3 fully saturated rings. The summed E-state index contributed by atoms with van der Waals surface area (Å²) in [5, 5.41) is 7.04. The number of rotatable bonds is 9. The predicted octanol–water partition coefficient (Wildman–Crippen LogP) is -0.167. The maximum Gasteiger partial charge on any atom is 0.243 e. The van der Waals surface area contributed by atoms with Crippen LogP contribution in [-0.4, -0.2) is 125 Å². The zero-order valence-electron chi connectivity index (χ0n) is 19.5. The lowest BCUT2D eigenvalue weighted by Crippen LogP contribution is -2.50. The minimum absolute atomic E-state index is 0.0167. The Morgan fingerprint density at radius 2 is 1.81 bits per heavy atom. The van der Waals surface area contributed by atoms with Crippen LogP contribution >= 0.6 is 0 Å². The van der Waals surface area contributed by atoms with E-state index in [1.807, 2.05) is 0 Å². The van der Waals surface area contributed by atoms with Crippen molar-refractivity contribution in [2.45, 2.75) is 31.7 Å². The van der Waals surface area contributed by atoms with E-state index in [9.17, 15) is 4.79 Å². The molecule has 3 saturated heterocycles. The van der Waals surface area contributed by atoms with Gasteiger partial charge in [0.15, 0.2) is 5.96 Å². The molecule has 0 radical (unpaired) electrons. The quantitative estimate of drug-likeness (QED) is 0.294. The number of carbonyl (C=O) groups excluding carboxylic acids is 1. The zero-order valence-corrected chi connectivity index (χ0v) is 19.5. The second-order valence-electron chi connectivity index (χ2n) is 9.14. The Labute approximate surface area is 187 Å². The van der Waals surface area contributed by atoms with Crippen LogP contribution in [0.1, 0.15) is 25.7 Å². The molecular formula is C22H42N6O3. The average molecular weight is 439 g/mol. The fourth-order valence-electron chi connectivity index (χ4n) is 4.32. The minimum Gasteiger partial charge on any atom is -0.381 e. The van der Waals surface area contributed by atoms with Crippen molar-refractivity contribution < 1.29 is 14.3 Å². The number of amides is 1. The molecule has 9 nitrogen and oxygen atoms in total. The summed E-state index contributed by atoms with van der Waals surface area (Å²) in [5.41, 5.74) is 0. The standard InChI is InChI=1S/C22H42N6O3/c1-26(2)21(29)16-24-22(23-7-3-8-27-11-14-30-15-12-27)25-20-4-9-28(10-5-20)17-19-6-13-31-18-19/h19-20H,3-18H2,1-2H3,(H2,23,24,25). The molecule has 0 aromatic carbocycles. The number of nitrogens with zero attached hydrogens (tertiary/aromatic N) is 4. The van der Waals surface area contributed by atoms with E-state index in [0.29, 0.717) is 12.0 Å². The Hall–Kier alpha value is -1.42. The maximum atomic E-state index is 12.0. The van der Waals surface area contributed by atoms with E-state index < -0.39 is 0 Å². The molecule has 1 unspecified atom stereocenters. The number of piperidine rings is 1. The number of hydrogen-bond acceptors (Lipinski definition) is 6. The van der Waals surface area contributed by atoms with E-state index in [2.05, 4.69) is 25.4 Å². The molecule has 2 N–H and O–H groups in total. The van der Waals surface area contributed by atoms with Gasteiger partial charge < -0.3 is 29.9 Å². The normalized spacial score (nSPS) is 24.3. The predicted molar refractivity (Wildman–Crippen MR) is 122 cm³/mol. The van der Waals surface area contributed by atoms with Crippen molar-refractivity contribution in [1.29, 1.82) is 0 Å². The van der Waals surface area contributed by atoms with Crippen molar-refractivity contribution in [3.05, 3.63) is 0 Å². The molecule has 3 aliphatic rings. The van der Waals surface area contributed by atoms with Crippen LogP contribution in [0.15, 0.2) is 4.99 Å².